The molecule has 8 heteroatoms. The van der Waals surface area contributed by atoms with E-state index in [4.69, 9.17) is 9.47 Å². The van der Waals surface area contributed by atoms with E-state index in [9.17, 15) is 29.4 Å². The molecule has 0 spiro atoms. The molecule has 0 saturated heterocycles. The highest BCUT2D eigenvalue weighted by Crippen LogP contribution is 2.36. The Labute approximate surface area is 168 Å². The number of rotatable bonds is 4. The standard InChI is InChI=1S/C22H16O8/c1-3-29-21(27)15-17(23)11-5-9-7-13-14(8-10(9)6-12(11)18(15)24)20(26)16(19(13)25)22(28)30-4-2/h5-8,23,25H,3-4H2,1-2H3. The maximum atomic E-state index is 12.6. The molecule has 0 unspecified atom stereocenters. The molecule has 30 heavy (non-hydrogen) atoms. The van der Waals surface area contributed by atoms with Gasteiger partial charge in [-0.3, -0.25) is 9.59 Å². The second-order valence-electron chi connectivity index (χ2n) is 6.69. The summed E-state index contributed by atoms with van der Waals surface area (Å²) in [5.74, 6) is -2.81. The van der Waals surface area contributed by atoms with Gasteiger partial charge >= 0.3 is 11.9 Å². The van der Waals surface area contributed by atoms with E-state index in [1.54, 1.807) is 13.8 Å². The van der Waals surface area contributed by atoms with E-state index >= 15 is 0 Å². The van der Waals surface area contributed by atoms with Crippen molar-refractivity contribution >= 4 is 44.3 Å². The zero-order chi connectivity index (χ0) is 21.7. The lowest BCUT2D eigenvalue weighted by molar-refractivity contribution is 0.0512. The van der Waals surface area contributed by atoms with Crippen molar-refractivity contribution in [1.82, 2.24) is 0 Å². The zero-order valence-corrected chi connectivity index (χ0v) is 16.1. The third-order valence-electron chi connectivity index (χ3n) is 5.00. The summed E-state index contributed by atoms with van der Waals surface area (Å²) in [5, 5.41) is 22.3. The van der Waals surface area contributed by atoms with Crippen LogP contribution in [0.1, 0.15) is 34.6 Å². The van der Waals surface area contributed by atoms with Gasteiger partial charge in [-0.1, -0.05) is 0 Å². The summed E-state index contributed by atoms with van der Waals surface area (Å²) in [5.41, 5.74) is -2.25. The first-order valence-corrected chi connectivity index (χ1v) is 9.22. The molecule has 152 valence electrons. The van der Waals surface area contributed by atoms with Crippen LogP contribution in [0.3, 0.4) is 0 Å². The number of fused-ring (bicyclic) bond motifs is 3. The number of benzene rings is 2. The molecule has 0 aliphatic rings. The predicted octanol–water partition coefficient (Wildman–Crippen LogP) is 2.51. The Kier molecular flexibility index (Phi) is 4.42. The van der Waals surface area contributed by atoms with E-state index in [-0.39, 0.29) is 34.8 Å². The van der Waals surface area contributed by atoms with Gasteiger partial charge in [-0.05, 0) is 48.9 Å². The maximum Gasteiger partial charge on any atom is 0.345 e. The first kappa shape index (κ1) is 19.4. The molecule has 0 aliphatic carbocycles. The minimum Gasteiger partial charge on any atom is -0.506 e. The lowest BCUT2D eigenvalue weighted by Crippen LogP contribution is -2.13. The van der Waals surface area contributed by atoms with E-state index < -0.39 is 45.4 Å². The van der Waals surface area contributed by atoms with Crippen molar-refractivity contribution in [1.29, 1.82) is 0 Å². The largest absolute Gasteiger partial charge is 0.506 e. The summed E-state index contributed by atoms with van der Waals surface area (Å²) in [4.78, 5) is 49.4. The molecule has 0 fully saturated rings. The Morgan fingerprint density at radius 1 is 0.700 bits per heavy atom. The van der Waals surface area contributed by atoms with Crippen LogP contribution >= 0.6 is 0 Å². The first-order valence-electron chi connectivity index (χ1n) is 9.22. The highest BCUT2D eigenvalue weighted by Gasteiger charge is 2.26. The van der Waals surface area contributed by atoms with Gasteiger partial charge in [0.1, 0.15) is 22.6 Å². The summed E-state index contributed by atoms with van der Waals surface area (Å²) in [7, 11) is 0. The van der Waals surface area contributed by atoms with Crippen LogP contribution < -0.4 is 10.9 Å². The third kappa shape index (κ3) is 2.61. The molecule has 0 aromatic heterocycles. The van der Waals surface area contributed by atoms with Crippen LogP contribution in [0.4, 0.5) is 0 Å². The molecule has 0 atom stereocenters. The van der Waals surface area contributed by atoms with Gasteiger partial charge < -0.3 is 19.7 Å². The second kappa shape index (κ2) is 6.84. The molecule has 0 bridgehead atoms. The van der Waals surface area contributed by atoms with Gasteiger partial charge in [0.2, 0.25) is 10.9 Å². The molecule has 0 radical (unpaired) electrons. The Morgan fingerprint density at radius 2 is 1.03 bits per heavy atom. The molecule has 0 saturated carbocycles. The molecule has 4 aromatic rings. The minimum atomic E-state index is -0.919. The fourth-order valence-corrected chi connectivity index (χ4v) is 3.66. The lowest BCUT2D eigenvalue weighted by Gasteiger charge is -2.01. The fourth-order valence-electron chi connectivity index (χ4n) is 3.66. The lowest BCUT2D eigenvalue weighted by atomic mass is 10.0. The van der Waals surface area contributed by atoms with Crippen molar-refractivity contribution in [2.45, 2.75) is 13.8 Å². The van der Waals surface area contributed by atoms with Gasteiger partial charge in [0, 0.05) is 21.5 Å². The number of ether oxygens (including phenoxy) is 2. The minimum absolute atomic E-state index is 0.0461. The number of aromatic hydroxyl groups is 2. The molecule has 0 heterocycles. The number of hydrogen-bond acceptors (Lipinski definition) is 8. The quantitative estimate of drug-likeness (QED) is 0.493. The molecule has 4 rings (SSSR count). The van der Waals surface area contributed by atoms with Crippen molar-refractivity contribution in [3.05, 3.63) is 55.8 Å². The number of hydrogen-bond donors (Lipinski definition) is 2. The summed E-state index contributed by atoms with van der Waals surface area (Å²) in [6.07, 6.45) is 0. The van der Waals surface area contributed by atoms with Crippen molar-refractivity contribution < 1.29 is 29.3 Å². The van der Waals surface area contributed by atoms with Crippen LogP contribution in [0.25, 0.3) is 32.3 Å². The predicted molar refractivity (Wildman–Crippen MR) is 109 cm³/mol. The molecule has 0 aliphatic heterocycles. The SMILES string of the molecule is CCOC(=O)c1c(O)c2cc3cc4c(O)c(C(=O)OCC)c(=O)c4cc3cc2c1=O. The van der Waals surface area contributed by atoms with Gasteiger partial charge in [0.05, 0.1) is 13.2 Å². The summed E-state index contributed by atoms with van der Waals surface area (Å²) >= 11 is 0. The Balaban J connectivity index is 2.02. The van der Waals surface area contributed by atoms with Crippen LogP contribution in [0.15, 0.2) is 33.9 Å². The van der Waals surface area contributed by atoms with Crippen molar-refractivity contribution in [2.75, 3.05) is 13.2 Å². The highest BCUT2D eigenvalue weighted by atomic mass is 16.5. The van der Waals surface area contributed by atoms with Crippen molar-refractivity contribution in [3.63, 3.8) is 0 Å². The average molecular weight is 408 g/mol. The number of carbonyl (C=O) groups is 2. The first-order chi connectivity index (χ1) is 14.3. The average Bonchev–Trinajstić information content (AvgIpc) is 3.09. The van der Waals surface area contributed by atoms with Gasteiger partial charge in [-0.25, -0.2) is 9.59 Å². The summed E-state index contributed by atoms with van der Waals surface area (Å²) in [6.45, 7) is 3.26. The van der Waals surface area contributed by atoms with Gasteiger partial charge in [-0.2, -0.15) is 0 Å². The van der Waals surface area contributed by atoms with E-state index in [2.05, 4.69) is 0 Å². The molecule has 8 nitrogen and oxygen atoms in total. The molecular weight excluding hydrogens is 392 g/mol. The molecular formula is C22H16O8. The Morgan fingerprint density at radius 3 is 1.37 bits per heavy atom. The fraction of sp³-hybridized carbons (Fsp3) is 0.182. The normalized spacial score (nSPS) is 11.4. The molecule has 0 amide bonds. The van der Waals surface area contributed by atoms with Gasteiger partial charge in [0.25, 0.3) is 0 Å². The molecule has 2 N–H and O–H groups in total. The van der Waals surface area contributed by atoms with E-state index in [0.717, 1.165) is 0 Å². The topological polar surface area (TPSA) is 127 Å². The zero-order valence-electron chi connectivity index (χ0n) is 16.1. The highest BCUT2D eigenvalue weighted by molar-refractivity contribution is 6.13. The van der Waals surface area contributed by atoms with Crippen LogP contribution in [-0.4, -0.2) is 35.4 Å². The number of esters is 2. The monoisotopic (exact) mass is 408 g/mol. The smallest absolute Gasteiger partial charge is 0.345 e. The van der Waals surface area contributed by atoms with E-state index in [0.29, 0.717) is 10.8 Å². The Bertz CT molecular complexity index is 1350. The van der Waals surface area contributed by atoms with Crippen molar-refractivity contribution in [3.8, 4) is 11.5 Å². The van der Waals surface area contributed by atoms with E-state index in [1.807, 2.05) is 0 Å². The Hall–Kier alpha value is -3.94. The van der Waals surface area contributed by atoms with Crippen LogP contribution in [0.2, 0.25) is 0 Å². The maximum absolute atomic E-state index is 12.6. The van der Waals surface area contributed by atoms with Crippen LogP contribution in [-0.2, 0) is 9.47 Å². The van der Waals surface area contributed by atoms with Gasteiger partial charge in [-0.15, -0.1) is 0 Å². The summed E-state index contributed by atoms with van der Waals surface area (Å²) < 4.78 is 9.67. The van der Waals surface area contributed by atoms with Gasteiger partial charge in [0.15, 0.2) is 0 Å². The van der Waals surface area contributed by atoms with E-state index in [1.165, 1.54) is 24.3 Å². The number of carbonyl (C=O) groups excluding carboxylic acids is 2. The van der Waals surface area contributed by atoms with Crippen LogP contribution in [0.5, 0.6) is 11.5 Å². The second-order valence-corrected chi connectivity index (χ2v) is 6.69. The summed E-state index contributed by atoms with van der Waals surface area (Å²) in [6, 6.07) is 5.85. The van der Waals surface area contributed by atoms with Crippen molar-refractivity contribution in [2.24, 2.45) is 0 Å². The molecule has 4 aromatic carbocycles. The third-order valence-corrected chi connectivity index (χ3v) is 5.00. The van der Waals surface area contributed by atoms with Crippen LogP contribution in [0, 0.1) is 0 Å².